The van der Waals surface area contributed by atoms with E-state index >= 15 is 0 Å². The highest BCUT2D eigenvalue weighted by Crippen LogP contribution is 2.60. The summed E-state index contributed by atoms with van der Waals surface area (Å²) < 4.78 is 0. The summed E-state index contributed by atoms with van der Waals surface area (Å²) in [6, 6.07) is 0. The zero-order chi connectivity index (χ0) is 21.4. The maximum atomic E-state index is 13.0. The number of hydrogen-bond donors (Lipinski definition) is 1. The number of imide groups is 1. The normalized spacial score (nSPS) is 25.7. The van der Waals surface area contributed by atoms with Gasteiger partial charge in [0.15, 0.2) is 0 Å². The van der Waals surface area contributed by atoms with Crippen LogP contribution < -0.4 is 5.32 Å². The Kier molecular flexibility index (Phi) is 6.13. The first-order valence-electron chi connectivity index (χ1n) is 10.6. The summed E-state index contributed by atoms with van der Waals surface area (Å²) in [4.78, 5) is 39.5. The fourth-order valence-electron chi connectivity index (χ4n) is 4.78. The summed E-state index contributed by atoms with van der Waals surface area (Å²) in [5.74, 6) is -0.0576. The molecule has 2 fully saturated rings. The number of hydrogen-bond acceptors (Lipinski definition) is 6. The second-order valence-electron chi connectivity index (χ2n) is 9.05. The van der Waals surface area contributed by atoms with Crippen molar-refractivity contribution in [3.63, 3.8) is 0 Å². The Morgan fingerprint density at radius 3 is 2.59 bits per heavy atom. The van der Waals surface area contributed by atoms with E-state index < -0.39 is 5.41 Å². The second-order valence-corrected chi connectivity index (χ2v) is 10.1. The molecule has 1 saturated heterocycles. The number of fused-ring (bicyclic) bond motifs is 2. The number of anilines is 1. The summed E-state index contributed by atoms with van der Waals surface area (Å²) >= 11 is 1.42. The highest BCUT2D eigenvalue weighted by Gasteiger charge is 2.64. The van der Waals surface area contributed by atoms with Crippen LogP contribution in [0.4, 0.5) is 5.13 Å². The van der Waals surface area contributed by atoms with Gasteiger partial charge in [0.25, 0.3) is 0 Å². The third-order valence-electron chi connectivity index (χ3n) is 7.31. The van der Waals surface area contributed by atoms with Gasteiger partial charge in [-0.2, -0.15) is 0 Å². The predicted molar refractivity (Wildman–Crippen MR) is 112 cm³/mol. The number of piperidine rings is 1. The van der Waals surface area contributed by atoms with E-state index in [4.69, 9.17) is 0 Å². The van der Waals surface area contributed by atoms with Crippen LogP contribution in [0.25, 0.3) is 0 Å². The number of amides is 3. The number of rotatable bonds is 8. The van der Waals surface area contributed by atoms with Crippen LogP contribution in [0.1, 0.15) is 84.1 Å². The van der Waals surface area contributed by atoms with Gasteiger partial charge >= 0.3 is 0 Å². The minimum Gasteiger partial charge on any atom is -0.301 e. The zero-order valence-electron chi connectivity index (χ0n) is 18.1. The molecule has 3 amide bonds. The van der Waals surface area contributed by atoms with Crippen molar-refractivity contribution in [1.82, 2.24) is 15.1 Å². The monoisotopic (exact) mass is 420 g/mol. The molecule has 1 aromatic rings. The Bertz CT molecular complexity index is 802. The van der Waals surface area contributed by atoms with Crippen molar-refractivity contribution < 1.29 is 14.4 Å². The van der Waals surface area contributed by atoms with Gasteiger partial charge in [0.2, 0.25) is 22.9 Å². The molecule has 29 heavy (non-hydrogen) atoms. The van der Waals surface area contributed by atoms with Gasteiger partial charge < -0.3 is 5.32 Å². The Balaban J connectivity index is 1.53. The van der Waals surface area contributed by atoms with Crippen LogP contribution in [-0.4, -0.2) is 39.4 Å². The average Bonchev–Trinajstić information content (AvgIpc) is 3.19. The Morgan fingerprint density at radius 1 is 1.24 bits per heavy atom. The van der Waals surface area contributed by atoms with Gasteiger partial charge in [-0.25, -0.2) is 0 Å². The van der Waals surface area contributed by atoms with Crippen LogP contribution in [0.3, 0.4) is 0 Å². The first-order chi connectivity index (χ1) is 13.7. The zero-order valence-corrected chi connectivity index (χ0v) is 18.9. The largest absolute Gasteiger partial charge is 0.301 e. The molecule has 1 aromatic heterocycles. The number of carbonyl (C=O) groups is 3. The lowest BCUT2D eigenvalue weighted by Crippen LogP contribution is -2.59. The van der Waals surface area contributed by atoms with Gasteiger partial charge in [0.05, 0.1) is 5.41 Å². The van der Waals surface area contributed by atoms with E-state index in [1.807, 2.05) is 20.8 Å². The molecule has 1 N–H and O–H groups in total. The molecular formula is C21H32N4O3S. The van der Waals surface area contributed by atoms with Crippen molar-refractivity contribution in [2.45, 2.75) is 79.1 Å². The van der Waals surface area contributed by atoms with Crippen LogP contribution in [0.15, 0.2) is 0 Å². The summed E-state index contributed by atoms with van der Waals surface area (Å²) in [7, 11) is 0. The minimum atomic E-state index is -0.494. The van der Waals surface area contributed by atoms with Gasteiger partial charge in [-0.3, -0.25) is 19.3 Å². The standard InChI is InChI=1S/C21H32N4O3S/c1-6-13(7-2)16-23-24-19(29-16)22-15(26)9-8-12-25-17(27)14-10-11-21(5,18(25)28)20(14,3)4/h13-14H,6-12H2,1-5H3,(H,22,24,26). The third-order valence-corrected chi connectivity index (χ3v) is 8.32. The maximum absolute atomic E-state index is 13.0. The van der Waals surface area contributed by atoms with Crippen molar-refractivity contribution >= 4 is 34.2 Å². The van der Waals surface area contributed by atoms with Crippen molar-refractivity contribution in [1.29, 1.82) is 0 Å². The molecule has 2 heterocycles. The average molecular weight is 421 g/mol. The van der Waals surface area contributed by atoms with E-state index in [1.165, 1.54) is 16.2 Å². The molecule has 0 radical (unpaired) electrons. The molecular weight excluding hydrogens is 388 g/mol. The summed E-state index contributed by atoms with van der Waals surface area (Å²) in [6.45, 7) is 10.6. The minimum absolute atomic E-state index is 0.0747. The molecule has 1 saturated carbocycles. The quantitative estimate of drug-likeness (QED) is 0.642. The Labute approximate surface area is 176 Å². The summed E-state index contributed by atoms with van der Waals surface area (Å²) in [6.07, 6.45) is 4.19. The van der Waals surface area contributed by atoms with Crippen molar-refractivity contribution in [3.8, 4) is 0 Å². The van der Waals surface area contributed by atoms with E-state index in [1.54, 1.807) is 0 Å². The molecule has 160 valence electrons. The molecule has 7 nitrogen and oxygen atoms in total. The lowest BCUT2D eigenvalue weighted by atomic mass is 9.62. The molecule has 0 spiro atoms. The third kappa shape index (κ3) is 3.71. The van der Waals surface area contributed by atoms with Crippen LogP contribution in [0, 0.1) is 16.7 Å². The molecule has 3 rings (SSSR count). The topological polar surface area (TPSA) is 92.3 Å². The van der Waals surface area contributed by atoms with Gasteiger partial charge in [-0.05, 0) is 37.5 Å². The number of nitrogens with one attached hydrogen (secondary N) is 1. The number of nitrogens with zero attached hydrogens (tertiary/aromatic N) is 3. The lowest BCUT2D eigenvalue weighted by Gasteiger charge is -2.47. The molecule has 2 aliphatic rings. The summed E-state index contributed by atoms with van der Waals surface area (Å²) in [5, 5.41) is 12.5. The fraction of sp³-hybridized carbons (Fsp3) is 0.762. The van der Waals surface area contributed by atoms with Crippen LogP contribution in [-0.2, 0) is 14.4 Å². The second kappa shape index (κ2) is 8.13. The van der Waals surface area contributed by atoms with Gasteiger partial charge in [-0.15, -0.1) is 10.2 Å². The highest BCUT2D eigenvalue weighted by atomic mass is 32.1. The smallest absolute Gasteiger partial charge is 0.235 e. The van der Waals surface area contributed by atoms with E-state index in [0.29, 0.717) is 24.0 Å². The lowest BCUT2D eigenvalue weighted by molar-refractivity contribution is -0.168. The first kappa shape index (κ1) is 21.9. The maximum Gasteiger partial charge on any atom is 0.235 e. The van der Waals surface area contributed by atoms with E-state index in [0.717, 1.165) is 30.7 Å². The highest BCUT2D eigenvalue weighted by molar-refractivity contribution is 7.15. The van der Waals surface area contributed by atoms with E-state index in [-0.39, 0.29) is 35.5 Å². The molecule has 1 aliphatic carbocycles. The number of likely N-dealkylation sites (tertiary alicyclic amines) is 1. The van der Waals surface area contributed by atoms with E-state index in [9.17, 15) is 14.4 Å². The molecule has 8 heteroatoms. The van der Waals surface area contributed by atoms with Crippen molar-refractivity contribution in [2.24, 2.45) is 16.7 Å². The van der Waals surface area contributed by atoms with E-state index in [2.05, 4.69) is 29.4 Å². The van der Waals surface area contributed by atoms with Crippen molar-refractivity contribution in [3.05, 3.63) is 5.01 Å². The van der Waals surface area contributed by atoms with Crippen LogP contribution >= 0.6 is 11.3 Å². The van der Waals surface area contributed by atoms with Crippen LogP contribution in [0.2, 0.25) is 0 Å². The molecule has 2 bridgehead atoms. The molecule has 2 unspecified atom stereocenters. The first-order valence-corrected chi connectivity index (χ1v) is 11.5. The molecule has 2 atom stereocenters. The molecule has 1 aliphatic heterocycles. The number of aromatic nitrogens is 2. The molecule has 0 aromatic carbocycles. The SMILES string of the molecule is CCC(CC)c1nnc(NC(=O)CCCN2C(=O)C3CCC(C)(C2=O)C3(C)C)s1. The predicted octanol–water partition coefficient (Wildman–Crippen LogP) is 3.97. The number of carbonyl (C=O) groups excluding carboxylic acids is 3. The van der Waals surface area contributed by atoms with Crippen LogP contribution in [0.5, 0.6) is 0 Å². The fourth-order valence-corrected chi connectivity index (χ4v) is 5.81. The van der Waals surface area contributed by atoms with Crippen molar-refractivity contribution in [2.75, 3.05) is 11.9 Å². The van der Waals surface area contributed by atoms with Gasteiger partial charge in [0, 0.05) is 24.8 Å². The van der Waals surface area contributed by atoms with Gasteiger partial charge in [-0.1, -0.05) is 46.0 Å². The Hall–Kier alpha value is -1.83. The summed E-state index contributed by atoms with van der Waals surface area (Å²) in [5.41, 5.74) is -0.800. The Morgan fingerprint density at radius 2 is 1.93 bits per heavy atom. The van der Waals surface area contributed by atoms with Gasteiger partial charge in [0.1, 0.15) is 5.01 Å².